The molecule has 3 N–H and O–H groups in total. The van der Waals surface area contributed by atoms with Gasteiger partial charge in [0, 0.05) is 24.6 Å². The quantitative estimate of drug-likeness (QED) is 0.411. The fourth-order valence-corrected chi connectivity index (χ4v) is 3.73. The molecule has 0 aliphatic heterocycles. The van der Waals surface area contributed by atoms with Gasteiger partial charge in [0.05, 0.1) is 10.6 Å². The molecular formula is C19H18N6OS2. The van der Waals surface area contributed by atoms with Crippen LogP contribution in [-0.2, 0) is 11.3 Å². The number of carbonyl (C=O) groups is 1. The van der Waals surface area contributed by atoms with Crippen LogP contribution in [-0.4, -0.2) is 30.9 Å². The number of carbonyl (C=O) groups excluding carboxylic acids is 1. The van der Waals surface area contributed by atoms with Crippen molar-refractivity contribution in [1.29, 1.82) is 0 Å². The van der Waals surface area contributed by atoms with Gasteiger partial charge in [-0.2, -0.15) is 10.2 Å². The summed E-state index contributed by atoms with van der Waals surface area (Å²) in [5, 5.41) is 19.0. The summed E-state index contributed by atoms with van der Waals surface area (Å²) in [6.07, 6.45) is 0.258. The van der Waals surface area contributed by atoms with Crippen LogP contribution < -0.4 is 5.32 Å². The van der Waals surface area contributed by atoms with Gasteiger partial charge in [-0.05, 0) is 30.6 Å². The highest BCUT2D eigenvalue weighted by Crippen LogP contribution is 2.24. The first-order valence-corrected chi connectivity index (χ1v) is 10.0. The predicted octanol–water partition coefficient (Wildman–Crippen LogP) is 4.40. The van der Waals surface area contributed by atoms with Gasteiger partial charge in [0.15, 0.2) is 16.4 Å². The highest BCUT2D eigenvalue weighted by molar-refractivity contribution is 7.71. The molecule has 1 amide bonds. The van der Waals surface area contributed by atoms with E-state index in [4.69, 9.17) is 12.2 Å². The lowest BCUT2D eigenvalue weighted by molar-refractivity contribution is -0.116. The first kappa shape index (κ1) is 18.3. The Morgan fingerprint density at radius 3 is 2.79 bits per heavy atom. The molecule has 0 saturated carbocycles. The van der Waals surface area contributed by atoms with E-state index in [1.165, 1.54) is 5.56 Å². The van der Waals surface area contributed by atoms with Crippen molar-refractivity contribution in [3.63, 3.8) is 0 Å². The molecule has 3 aromatic heterocycles. The zero-order chi connectivity index (χ0) is 19.5. The molecule has 142 valence electrons. The van der Waals surface area contributed by atoms with E-state index >= 15 is 0 Å². The summed E-state index contributed by atoms with van der Waals surface area (Å²) in [6, 6.07) is 13.8. The summed E-state index contributed by atoms with van der Waals surface area (Å²) in [5.74, 6) is 1.09. The molecule has 0 aliphatic rings. The molecule has 0 atom stereocenters. The van der Waals surface area contributed by atoms with Crippen LogP contribution in [0.3, 0.4) is 0 Å². The Kier molecular flexibility index (Phi) is 5.18. The monoisotopic (exact) mass is 410 g/mol. The van der Waals surface area contributed by atoms with Gasteiger partial charge in [-0.25, -0.2) is 0 Å². The molecule has 0 radical (unpaired) electrons. The van der Waals surface area contributed by atoms with Gasteiger partial charge in [-0.3, -0.25) is 19.6 Å². The van der Waals surface area contributed by atoms with Crippen molar-refractivity contribution >= 4 is 35.3 Å². The normalized spacial score (nSPS) is 10.9. The van der Waals surface area contributed by atoms with Crippen molar-refractivity contribution in [2.24, 2.45) is 0 Å². The van der Waals surface area contributed by atoms with Crippen LogP contribution in [0.1, 0.15) is 12.0 Å². The van der Waals surface area contributed by atoms with Crippen molar-refractivity contribution in [2.45, 2.75) is 19.9 Å². The summed E-state index contributed by atoms with van der Waals surface area (Å²) < 4.78 is 2.32. The molecule has 0 spiro atoms. The van der Waals surface area contributed by atoms with E-state index < -0.39 is 0 Å². The maximum Gasteiger partial charge on any atom is 0.227 e. The van der Waals surface area contributed by atoms with Crippen LogP contribution in [0.4, 0.5) is 5.82 Å². The number of nitrogens with one attached hydrogen (secondary N) is 3. The van der Waals surface area contributed by atoms with Crippen molar-refractivity contribution < 1.29 is 4.79 Å². The Balaban J connectivity index is 1.42. The second-order valence-electron chi connectivity index (χ2n) is 6.31. The molecule has 3 heterocycles. The van der Waals surface area contributed by atoms with E-state index in [0.717, 1.165) is 22.0 Å². The number of amides is 1. The van der Waals surface area contributed by atoms with E-state index in [9.17, 15) is 4.79 Å². The first-order valence-electron chi connectivity index (χ1n) is 8.71. The topological polar surface area (TPSA) is 91.4 Å². The lowest BCUT2D eigenvalue weighted by Gasteiger charge is -2.07. The van der Waals surface area contributed by atoms with Gasteiger partial charge in [-0.15, -0.1) is 11.3 Å². The minimum Gasteiger partial charge on any atom is -0.309 e. The molecule has 9 heteroatoms. The second-order valence-corrected chi connectivity index (χ2v) is 7.65. The zero-order valence-electron chi connectivity index (χ0n) is 15.1. The van der Waals surface area contributed by atoms with E-state index in [1.807, 2.05) is 59.3 Å². The third kappa shape index (κ3) is 3.95. The highest BCUT2D eigenvalue weighted by Gasteiger charge is 2.12. The number of aryl methyl sites for hydroxylation is 1. The third-order valence-electron chi connectivity index (χ3n) is 4.26. The average Bonchev–Trinajstić information content (AvgIpc) is 3.42. The minimum atomic E-state index is -0.137. The molecule has 0 unspecified atom stereocenters. The number of nitrogens with zero attached hydrogens (tertiary/aromatic N) is 3. The number of H-pyrrole nitrogens is 2. The molecule has 1 aromatic carbocycles. The molecule has 7 nitrogen and oxygen atoms in total. The summed E-state index contributed by atoms with van der Waals surface area (Å²) in [4.78, 5) is 13.4. The molecule has 0 bridgehead atoms. The van der Waals surface area contributed by atoms with Crippen molar-refractivity contribution in [1.82, 2.24) is 25.0 Å². The van der Waals surface area contributed by atoms with Crippen LogP contribution in [0.2, 0.25) is 0 Å². The lowest BCUT2D eigenvalue weighted by atomic mass is 10.1. The fraction of sp³-hybridized carbons (Fsp3) is 0.158. The molecule has 0 fully saturated rings. The van der Waals surface area contributed by atoms with Gasteiger partial charge < -0.3 is 5.32 Å². The predicted molar refractivity (Wildman–Crippen MR) is 113 cm³/mol. The summed E-state index contributed by atoms with van der Waals surface area (Å²) in [7, 11) is 0. The third-order valence-corrected chi connectivity index (χ3v) is 5.48. The Morgan fingerprint density at radius 2 is 2.04 bits per heavy atom. The number of thiophene rings is 1. The zero-order valence-corrected chi connectivity index (χ0v) is 16.7. The van der Waals surface area contributed by atoms with Crippen LogP contribution in [0.15, 0.2) is 47.8 Å². The van der Waals surface area contributed by atoms with Gasteiger partial charge >= 0.3 is 0 Å². The maximum absolute atomic E-state index is 12.4. The molecule has 4 aromatic rings. The summed E-state index contributed by atoms with van der Waals surface area (Å²) in [6.45, 7) is 2.46. The fourth-order valence-electron chi connectivity index (χ4n) is 2.81. The number of hydrogen-bond acceptors (Lipinski definition) is 5. The molecule has 0 aliphatic carbocycles. The Labute approximate surface area is 170 Å². The maximum atomic E-state index is 12.4. The number of aromatic amines is 2. The van der Waals surface area contributed by atoms with E-state index in [2.05, 4.69) is 25.7 Å². The van der Waals surface area contributed by atoms with Crippen molar-refractivity contribution in [2.75, 3.05) is 5.32 Å². The van der Waals surface area contributed by atoms with Gasteiger partial charge in [0.2, 0.25) is 5.91 Å². The van der Waals surface area contributed by atoms with Gasteiger partial charge in [0.25, 0.3) is 0 Å². The van der Waals surface area contributed by atoms with Crippen molar-refractivity contribution in [3.05, 3.63) is 58.2 Å². The molecule has 28 heavy (non-hydrogen) atoms. The van der Waals surface area contributed by atoms with Crippen LogP contribution in [0.5, 0.6) is 0 Å². The van der Waals surface area contributed by atoms with Gasteiger partial charge in [-0.1, -0.05) is 35.9 Å². The smallest absolute Gasteiger partial charge is 0.227 e. The Morgan fingerprint density at radius 1 is 1.21 bits per heavy atom. The van der Waals surface area contributed by atoms with Crippen LogP contribution in [0, 0.1) is 11.7 Å². The number of anilines is 1. The number of benzene rings is 1. The number of aromatic nitrogens is 5. The first-order chi connectivity index (χ1) is 13.6. The SMILES string of the molecule is Cc1ccc(-c2n[nH]c(=S)n2CCC(=O)Nc2cc(-c3cccs3)[nH]n2)cc1. The lowest BCUT2D eigenvalue weighted by Crippen LogP contribution is -2.15. The Bertz CT molecular complexity index is 1140. The largest absolute Gasteiger partial charge is 0.309 e. The van der Waals surface area contributed by atoms with Crippen LogP contribution >= 0.6 is 23.6 Å². The van der Waals surface area contributed by atoms with Crippen molar-refractivity contribution in [3.8, 4) is 22.0 Å². The highest BCUT2D eigenvalue weighted by atomic mass is 32.1. The number of hydrogen-bond donors (Lipinski definition) is 3. The van der Waals surface area contributed by atoms with Gasteiger partial charge in [0.1, 0.15) is 0 Å². The second kappa shape index (κ2) is 7.91. The van der Waals surface area contributed by atoms with E-state index in [-0.39, 0.29) is 12.3 Å². The summed E-state index contributed by atoms with van der Waals surface area (Å²) in [5.41, 5.74) is 3.00. The minimum absolute atomic E-state index is 0.137. The van der Waals surface area contributed by atoms with E-state index in [0.29, 0.717) is 17.1 Å². The Hall–Kier alpha value is -3.04. The number of rotatable bonds is 6. The standard InChI is InChI=1S/C19H18N6OS2/c1-12-4-6-13(7-5-12)18-23-24-19(27)25(18)9-8-17(26)20-16-11-14(21-22-16)15-3-2-10-28-15/h2-7,10-11H,8-9H2,1H3,(H,24,27)(H2,20,21,22,26). The molecule has 4 rings (SSSR count). The van der Waals surface area contributed by atoms with Crippen LogP contribution in [0.25, 0.3) is 22.0 Å². The summed E-state index contributed by atoms with van der Waals surface area (Å²) >= 11 is 6.94. The molecular weight excluding hydrogens is 392 g/mol. The average molecular weight is 411 g/mol. The molecule has 0 saturated heterocycles. The van der Waals surface area contributed by atoms with E-state index in [1.54, 1.807) is 11.3 Å².